The molecule has 39 heavy (non-hydrogen) atoms. The van der Waals surface area contributed by atoms with Crippen molar-refractivity contribution < 1.29 is 9.53 Å². The molecule has 0 aliphatic heterocycles. The van der Waals surface area contributed by atoms with E-state index in [0.29, 0.717) is 29.1 Å². The average molecular weight is 522 g/mol. The van der Waals surface area contributed by atoms with Crippen molar-refractivity contribution in [3.63, 3.8) is 0 Å². The van der Waals surface area contributed by atoms with Crippen LogP contribution in [0.25, 0.3) is 11.3 Å². The topological polar surface area (TPSA) is 98.4 Å². The predicted octanol–water partition coefficient (Wildman–Crippen LogP) is 6.14. The van der Waals surface area contributed by atoms with E-state index in [1.165, 1.54) is 0 Å². The van der Waals surface area contributed by atoms with Crippen molar-refractivity contribution in [2.24, 2.45) is 0 Å². The minimum atomic E-state index is -0.226. The van der Waals surface area contributed by atoms with Crippen LogP contribution in [0.15, 0.2) is 73.2 Å². The lowest BCUT2D eigenvalue weighted by Crippen LogP contribution is -2.15. The van der Waals surface area contributed by atoms with Crippen molar-refractivity contribution >= 4 is 23.2 Å². The summed E-state index contributed by atoms with van der Waals surface area (Å²) in [6.07, 6.45) is 7.57. The van der Waals surface area contributed by atoms with Crippen molar-refractivity contribution in [2.75, 3.05) is 10.6 Å². The number of nitrogens with zero attached hydrogens (tertiary/aromatic N) is 5. The van der Waals surface area contributed by atoms with Gasteiger partial charge in [0.1, 0.15) is 11.6 Å². The molecule has 1 aliphatic carbocycles. The number of fused-ring (bicyclic) bond motifs is 1. The summed E-state index contributed by atoms with van der Waals surface area (Å²) in [5.74, 6) is 2.32. The van der Waals surface area contributed by atoms with Gasteiger partial charge in [0.25, 0.3) is 5.91 Å². The molecule has 2 N–H and O–H groups in total. The lowest BCUT2D eigenvalue weighted by atomic mass is 9.92. The highest BCUT2D eigenvalue weighted by Gasteiger charge is 2.24. The second-order valence-electron chi connectivity index (χ2n) is 10.9. The van der Waals surface area contributed by atoms with Crippen LogP contribution in [0, 0.1) is 6.92 Å². The van der Waals surface area contributed by atoms with E-state index in [0.717, 1.165) is 41.3 Å². The highest BCUT2D eigenvalue weighted by Crippen LogP contribution is 2.31. The number of para-hydroxylation sites is 1. The van der Waals surface area contributed by atoms with E-state index < -0.39 is 0 Å². The van der Waals surface area contributed by atoms with Gasteiger partial charge >= 0.3 is 0 Å². The van der Waals surface area contributed by atoms with Crippen molar-refractivity contribution in [1.82, 2.24) is 24.1 Å². The number of imidazole rings is 1. The summed E-state index contributed by atoms with van der Waals surface area (Å²) in [7, 11) is 0. The number of hydrogen-bond acceptors (Lipinski definition) is 6. The molecule has 0 saturated heterocycles. The lowest BCUT2D eigenvalue weighted by Gasteiger charge is -2.14. The Morgan fingerprint density at radius 1 is 1.05 bits per heavy atom. The van der Waals surface area contributed by atoms with Gasteiger partial charge in [-0.3, -0.25) is 9.20 Å². The fraction of sp³-hybridized carbons (Fsp3) is 0.267. The van der Waals surface area contributed by atoms with Crippen LogP contribution >= 0.6 is 0 Å². The van der Waals surface area contributed by atoms with Gasteiger partial charge in [0.2, 0.25) is 5.88 Å². The zero-order valence-corrected chi connectivity index (χ0v) is 22.5. The Balaban J connectivity index is 1.24. The van der Waals surface area contributed by atoms with Crippen molar-refractivity contribution in [3.8, 4) is 17.3 Å². The minimum Gasteiger partial charge on any atom is -0.438 e. The Morgan fingerprint density at radius 2 is 1.85 bits per heavy atom. The third-order valence-electron chi connectivity index (χ3n) is 6.68. The molecule has 1 saturated carbocycles. The van der Waals surface area contributed by atoms with Crippen molar-refractivity contribution in [1.29, 1.82) is 0 Å². The summed E-state index contributed by atoms with van der Waals surface area (Å²) in [5.41, 5.74) is 3.66. The number of benzene rings is 2. The van der Waals surface area contributed by atoms with Crippen LogP contribution < -0.4 is 15.4 Å². The number of ether oxygens (including phenoxy) is 1. The summed E-state index contributed by atoms with van der Waals surface area (Å²) in [5, 5.41) is 11.3. The highest BCUT2D eigenvalue weighted by atomic mass is 16.5. The molecule has 9 heteroatoms. The Kier molecular flexibility index (Phi) is 6.06. The first-order chi connectivity index (χ1) is 18.8. The van der Waals surface area contributed by atoms with Crippen LogP contribution in [0.1, 0.15) is 55.2 Å². The first-order valence-corrected chi connectivity index (χ1v) is 13.1. The third-order valence-corrected chi connectivity index (χ3v) is 6.68. The fourth-order valence-electron chi connectivity index (χ4n) is 4.30. The minimum absolute atomic E-state index is 0.170. The van der Waals surface area contributed by atoms with Gasteiger partial charge in [-0.1, -0.05) is 39.0 Å². The number of anilines is 2. The van der Waals surface area contributed by atoms with Crippen LogP contribution in [0.5, 0.6) is 11.6 Å². The molecule has 0 spiro atoms. The van der Waals surface area contributed by atoms with Crippen molar-refractivity contribution in [2.45, 2.75) is 52.0 Å². The lowest BCUT2D eigenvalue weighted by molar-refractivity contribution is 0.102. The van der Waals surface area contributed by atoms with Gasteiger partial charge in [0.05, 0.1) is 17.6 Å². The number of rotatable bonds is 7. The molecule has 0 radical (unpaired) electrons. The predicted molar refractivity (Wildman–Crippen MR) is 151 cm³/mol. The van der Waals surface area contributed by atoms with Crippen LogP contribution in [-0.4, -0.2) is 36.1 Å². The first kappa shape index (κ1) is 24.7. The molecule has 2 aromatic carbocycles. The summed E-state index contributed by atoms with van der Waals surface area (Å²) in [6, 6.07) is 17.6. The van der Waals surface area contributed by atoms with E-state index in [4.69, 9.17) is 9.84 Å². The molecule has 3 aromatic heterocycles. The monoisotopic (exact) mass is 521 g/mol. The number of amides is 1. The number of aryl methyl sites for hydroxylation is 1. The molecule has 1 fully saturated rings. The third kappa shape index (κ3) is 5.07. The normalized spacial score (nSPS) is 13.4. The molecule has 6 rings (SSSR count). The molecule has 0 unspecified atom stereocenters. The maximum Gasteiger partial charge on any atom is 0.256 e. The van der Waals surface area contributed by atoms with Crippen LogP contribution in [0.2, 0.25) is 0 Å². The molecule has 3 heterocycles. The highest BCUT2D eigenvalue weighted by molar-refractivity contribution is 6.04. The van der Waals surface area contributed by atoms with Gasteiger partial charge in [0.15, 0.2) is 11.5 Å². The molecule has 1 aliphatic rings. The largest absolute Gasteiger partial charge is 0.438 e. The van der Waals surface area contributed by atoms with Gasteiger partial charge < -0.3 is 15.4 Å². The summed E-state index contributed by atoms with van der Waals surface area (Å²) < 4.78 is 9.86. The molecule has 0 atom stereocenters. The maximum atomic E-state index is 13.3. The number of hydrogen-bond donors (Lipinski definition) is 2. The van der Waals surface area contributed by atoms with E-state index in [-0.39, 0.29) is 11.3 Å². The van der Waals surface area contributed by atoms with Gasteiger partial charge in [-0.15, -0.1) is 0 Å². The van der Waals surface area contributed by atoms with Gasteiger partial charge in [-0.05, 0) is 55.7 Å². The zero-order valence-electron chi connectivity index (χ0n) is 22.5. The van der Waals surface area contributed by atoms with E-state index in [9.17, 15) is 4.79 Å². The van der Waals surface area contributed by atoms with E-state index in [2.05, 4.69) is 41.4 Å². The molecule has 9 nitrogen and oxygen atoms in total. The fourth-order valence-corrected chi connectivity index (χ4v) is 4.30. The van der Waals surface area contributed by atoms with Crippen LogP contribution in [0.3, 0.4) is 0 Å². The number of carbonyl (C=O) groups is 1. The SMILES string of the molecule is Cc1cc(C(=O)Nc2cc(C(C)(C)C)nn2-c2ccccc2)ccc1Oc1cnc(NC2CC2)c2nccn12. The summed E-state index contributed by atoms with van der Waals surface area (Å²) >= 11 is 0. The Labute approximate surface area is 226 Å². The second-order valence-corrected chi connectivity index (χ2v) is 10.9. The Hall–Kier alpha value is -4.66. The van der Waals surface area contributed by atoms with Crippen LogP contribution in [-0.2, 0) is 5.41 Å². The van der Waals surface area contributed by atoms with E-state index in [1.54, 1.807) is 29.2 Å². The zero-order chi connectivity index (χ0) is 27.1. The quantitative estimate of drug-likeness (QED) is 0.267. The smallest absolute Gasteiger partial charge is 0.256 e. The number of aromatic nitrogens is 5. The molecular weight excluding hydrogens is 490 g/mol. The second kappa shape index (κ2) is 9.58. The van der Waals surface area contributed by atoms with E-state index in [1.807, 2.05) is 60.0 Å². The van der Waals surface area contributed by atoms with Gasteiger partial charge in [-0.2, -0.15) is 5.10 Å². The summed E-state index contributed by atoms with van der Waals surface area (Å²) in [4.78, 5) is 22.3. The standard InChI is InChI=1S/C30H31N7O2/c1-19-16-20(29(38)34-25-17-24(30(2,3)4)35-37(25)22-8-6-5-7-9-22)10-13-23(19)39-26-18-32-27(33-21-11-12-21)28-31-14-15-36(26)28/h5-10,13-18,21H,11-12H2,1-4H3,(H,32,33)(H,34,38). The average Bonchev–Trinajstić information content (AvgIpc) is 3.40. The molecule has 5 aromatic rings. The molecule has 0 bridgehead atoms. The molecular formula is C30H31N7O2. The van der Waals surface area contributed by atoms with Crippen LogP contribution in [0.4, 0.5) is 11.6 Å². The number of carbonyl (C=O) groups excluding carboxylic acids is 1. The van der Waals surface area contributed by atoms with Gasteiger partial charge in [0, 0.05) is 35.5 Å². The summed E-state index contributed by atoms with van der Waals surface area (Å²) in [6.45, 7) is 8.22. The van der Waals surface area contributed by atoms with Crippen molar-refractivity contribution in [3.05, 3.63) is 90.0 Å². The van der Waals surface area contributed by atoms with Gasteiger partial charge in [-0.25, -0.2) is 14.6 Å². The molecule has 198 valence electrons. The molecule has 1 amide bonds. The Bertz CT molecular complexity index is 1660. The maximum absolute atomic E-state index is 13.3. The first-order valence-electron chi connectivity index (χ1n) is 13.1. The Morgan fingerprint density at radius 3 is 2.56 bits per heavy atom. The number of nitrogens with one attached hydrogen (secondary N) is 2. The van der Waals surface area contributed by atoms with E-state index >= 15 is 0 Å².